The van der Waals surface area contributed by atoms with Gasteiger partial charge in [0.1, 0.15) is 0 Å². The van der Waals surface area contributed by atoms with Gasteiger partial charge in [-0.3, -0.25) is 4.31 Å². The van der Waals surface area contributed by atoms with Gasteiger partial charge in [0.25, 0.3) is 10.0 Å². The van der Waals surface area contributed by atoms with Crippen LogP contribution in [-0.4, -0.2) is 31.5 Å². The van der Waals surface area contributed by atoms with Gasteiger partial charge >= 0.3 is 0 Å². The minimum absolute atomic E-state index is 0.187. The van der Waals surface area contributed by atoms with Crippen molar-refractivity contribution in [3.05, 3.63) is 42.1 Å². The number of hydrogen-bond donors (Lipinski definition) is 1. The summed E-state index contributed by atoms with van der Waals surface area (Å²) in [6, 6.07) is 6.62. The molecule has 1 rings (SSSR count). The van der Waals surface area contributed by atoms with Gasteiger partial charge in [0.15, 0.2) is 0 Å². The quantitative estimate of drug-likeness (QED) is 0.859. The fraction of sp³-hybridized carbons (Fsp3) is 0.273. The van der Waals surface area contributed by atoms with Crippen LogP contribution in [0.4, 0.5) is 0 Å². The molecule has 0 aliphatic heterocycles. The summed E-state index contributed by atoms with van der Waals surface area (Å²) in [6.07, 6.45) is 2.70. The van der Waals surface area contributed by atoms with Crippen molar-refractivity contribution < 1.29 is 13.5 Å². The third-order valence-corrected chi connectivity index (χ3v) is 3.87. The average molecular weight is 241 g/mol. The number of rotatable bonds is 4. The van der Waals surface area contributed by atoms with Crippen molar-refractivity contribution in [1.82, 2.24) is 4.31 Å². The van der Waals surface area contributed by atoms with E-state index in [0.29, 0.717) is 0 Å². The molecule has 0 aliphatic carbocycles. The molecule has 0 spiro atoms. The highest BCUT2D eigenvalue weighted by atomic mass is 32.2. The van der Waals surface area contributed by atoms with Gasteiger partial charge in [0, 0.05) is 13.2 Å². The zero-order chi connectivity index (χ0) is 12.2. The largest absolute Gasteiger partial charge is 0.392 e. The Kier molecular flexibility index (Phi) is 4.09. The van der Waals surface area contributed by atoms with E-state index in [2.05, 4.69) is 0 Å². The molecule has 0 atom stereocenters. The molecule has 0 saturated heterocycles. The van der Waals surface area contributed by atoms with Crippen LogP contribution in [0.3, 0.4) is 0 Å². The van der Waals surface area contributed by atoms with Crippen molar-refractivity contribution in [3.8, 4) is 0 Å². The Morgan fingerprint density at radius 1 is 1.31 bits per heavy atom. The second kappa shape index (κ2) is 5.14. The van der Waals surface area contributed by atoms with E-state index in [1.165, 1.54) is 19.3 Å². The smallest absolute Gasteiger partial charge is 0.263 e. The van der Waals surface area contributed by atoms with Crippen LogP contribution in [0.5, 0.6) is 0 Å². The normalized spacial score (nSPS) is 11.9. The van der Waals surface area contributed by atoms with Crippen LogP contribution in [0.1, 0.15) is 5.56 Å². The van der Waals surface area contributed by atoms with E-state index < -0.39 is 10.0 Å². The van der Waals surface area contributed by atoms with Gasteiger partial charge in [-0.25, -0.2) is 8.42 Å². The lowest BCUT2D eigenvalue weighted by atomic mass is 10.2. The predicted octanol–water partition coefficient (Wildman–Crippen LogP) is 1.12. The fourth-order valence-corrected chi connectivity index (χ4v) is 2.21. The van der Waals surface area contributed by atoms with E-state index in [0.717, 1.165) is 9.87 Å². The van der Waals surface area contributed by atoms with E-state index in [1.807, 2.05) is 6.92 Å². The summed E-state index contributed by atoms with van der Waals surface area (Å²) in [7, 11) is -2.06. The molecule has 0 aliphatic rings. The van der Waals surface area contributed by atoms with Gasteiger partial charge in [-0.2, -0.15) is 0 Å². The minimum atomic E-state index is -3.49. The van der Waals surface area contributed by atoms with E-state index in [9.17, 15) is 8.42 Å². The van der Waals surface area contributed by atoms with Gasteiger partial charge in [-0.15, -0.1) is 0 Å². The molecule has 0 heterocycles. The first kappa shape index (κ1) is 12.7. The summed E-state index contributed by atoms with van der Waals surface area (Å²) in [6.45, 7) is 1.71. The second-order valence-corrected chi connectivity index (χ2v) is 5.40. The molecule has 0 aromatic heterocycles. The molecule has 0 amide bonds. The molecule has 0 saturated carbocycles. The first-order valence-electron chi connectivity index (χ1n) is 4.80. The Labute approximate surface area is 95.9 Å². The Hall–Kier alpha value is -1.33. The van der Waals surface area contributed by atoms with Gasteiger partial charge < -0.3 is 5.11 Å². The highest BCUT2D eigenvalue weighted by molar-refractivity contribution is 7.89. The summed E-state index contributed by atoms with van der Waals surface area (Å²) in [5.41, 5.74) is 1.01. The van der Waals surface area contributed by atoms with Crippen LogP contribution in [0.25, 0.3) is 0 Å². The summed E-state index contributed by atoms with van der Waals surface area (Å²) in [5.74, 6) is 0. The molecule has 88 valence electrons. The number of aliphatic hydroxyl groups is 1. The topological polar surface area (TPSA) is 57.6 Å². The molecule has 1 N–H and O–H groups in total. The second-order valence-electron chi connectivity index (χ2n) is 3.40. The van der Waals surface area contributed by atoms with E-state index >= 15 is 0 Å². The lowest BCUT2D eigenvalue weighted by Crippen LogP contribution is -2.21. The number of aliphatic hydroxyl groups excluding tert-OH is 1. The first-order valence-corrected chi connectivity index (χ1v) is 6.24. The Morgan fingerprint density at radius 2 is 1.88 bits per heavy atom. The molecular formula is C11H15NO3S. The van der Waals surface area contributed by atoms with Gasteiger partial charge in [0.05, 0.1) is 11.5 Å². The third kappa shape index (κ3) is 2.84. The average Bonchev–Trinajstić information content (AvgIpc) is 2.26. The van der Waals surface area contributed by atoms with Crippen LogP contribution in [-0.2, 0) is 10.0 Å². The molecule has 0 unspecified atom stereocenters. The SMILES string of the molecule is Cc1ccc(S(=O)(=O)N(C)/C=C/CO)cc1. The fourth-order valence-electron chi connectivity index (χ4n) is 1.15. The van der Waals surface area contributed by atoms with Crippen LogP contribution in [0.2, 0.25) is 0 Å². The van der Waals surface area contributed by atoms with Crippen molar-refractivity contribution >= 4 is 10.0 Å². The van der Waals surface area contributed by atoms with Gasteiger partial charge in [-0.05, 0) is 25.1 Å². The number of nitrogens with zero attached hydrogens (tertiary/aromatic N) is 1. The molecule has 16 heavy (non-hydrogen) atoms. The van der Waals surface area contributed by atoms with Gasteiger partial charge in [-0.1, -0.05) is 17.7 Å². The molecule has 0 bridgehead atoms. The van der Waals surface area contributed by atoms with E-state index in [-0.39, 0.29) is 11.5 Å². The number of aryl methyl sites for hydroxylation is 1. The molecule has 1 aromatic carbocycles. The maximum atomic E-state index is 11.9. The van der Waals surface area contributed by atoms with Gasteiger partial charge in [0.2, 0.25) is 0 Å². The van der Waals surface area contributed by atoms with Crippen molar-refractivity contribution in [2.24, 2.45) is 0 Å². The van der Waals surface area contributed by atoms with E-state index in [4.69, 9.17) is 5.11 Å². The van der Waals surface area contributed by atoms with Crippen molar-refractivity contribution in [1.29, 1.82) is 0 Å². The summed E-state index contributed by atoms with van der Waals surface area (Å²) < 4.78 is 25.0. The number of hydrogen-bond acceptors (Lipinski definition) is 3. The Morgan fingerprint density at radius 3 is 2.38 bits per heavy atom. The molecule has 5 heteroatoms. The van der Waals surface area contributed by atoms with Crippen LogP contribution >= 0.6 is 0 Å². The monoisotopic (exact) mass is 241 g/mol. The summed E-state index contributed by atoms with van der Waals surface area (Å²) in [4.78, 5) is 0.239. The summed E-state index contributed by atoms with van der Waals surface area (Å²) in [5, 5.41) is 8.58. The Balaban J connectivity index is 3.02. The standard InChI is InChI=1S/C11H15NO3S/c1-10-4-6-11(7-5-10)16(14,15)12(2)8-3-9-13/h3-8,13H,9H2,1-2H3/b8-3+. The predicted molar refractivity (Wildman–Crippen MR) is 62.4 cm³/mol. The van der Waals surface area contributed by atoms with Crippen molar-refractivity contribution in [3.63, 3.8) is 0 Å². The van der Waals surface area contributed by atoms with Crippen molar-refractivity contribution in [2.75, 3.05) is 13.7 Å². The van der Waals surface area contributed by atoms with Crippen LogP contribution in [0.15, 0.2) is 41.4 Å². The van der Waals surface area contributed by atoms with E-state index in [1.54, 1.807) is 24.3 Å². The maximum Gasteiger partial charge on any atom is 0.263 e. The number of benzene rings is 1. The molecular weight excluding hydrogens is 226 g/mol. The Bertz CT molecular complexity index is 463. The molecule has 4 nitrogen and oxygen atoms in total. The maximum absolute atomic E-state index is 11.9. The lowest BCUT2D eigenvalue weighted by Gasteiger charge is -2.14. The third-order valence-electron chi connectivity index (χ3n) is 2.12. The van der Waals surface area contributed by atoms with Crippen LogP contribution in [0, 0.1) is 6.92 Å². The highest BCUT2D eigenvalue weighted by Crippen LogP contribution is 2.14. The summed E-state index contributed by atoms with van der Waals surface area (Å²) >= 11 is 0. The highest BCUT2D eigenvalue weighted by Gasteiger charge is 2.16. The van der Waals surface area contributed by atoms with Crippen molar-refractivity contribution in [2.45, 2.75) is 11.8 Å². The zero-order valence-electron chi connectivity index (χ0n) is 9.29. The minimum Gasteiger partial charge on any atom is -0.392 e. The van der Waals surface area contributed by atoms with Crippen LogP contribution < -0.4 is 0 Å². The molecule has 1 aromatic rings. The first-order chi connectivity index (χ1) is 7.48. The lowest BCUT2D eigenvalue weighted by molar-refractivity contribution is 0.341. The zero-order valence-corrected chi connectivity index (χ0v) is 10.1. The molecule has 0 radical (unpaired) electrons. The molecule has 0 fully saturated rings. The number of sulfonamides is 1.